The van der Waals surface area contributed by atoms with Gasteiger partial charge in [0.15, 0.2) is 0 Å². The minimum atomic E-state index is -0.775. The van der Waals surface area contributed by atoms with Crippen LogP contribution >= 0.6 is 0 Å². The zero-order valence-electron chi connectivity index (χ0n) is 9.98. The number of nitrogens with one attached hydrogen (secondary N) is 1. The second-order valence-corrected chi connectivity index (χ2v) is 4.13. The topological polar surface area (TPSA) is 84.9 Å². The van der Waals surface area contributed by atoms with Gasteiger partial charge in [-0.2, -0.15) is 0 Å². The maximum absolute atomic E-state index is 11.3. The van der Waals surface area contributed by atoms with Gasteiger partial charge in [-0.25, -0.2) is 0 Å². The molecule has 1 heterocycles. The molecule has 1 fully saturated rings. The summed E-state index contributed by atoms with van der Waals surface area (Å²) in [7, 11) is 1.54. The van der Waals surface area contributed by atoms with Crippen molar-refractivity contribution in [3.05, 3.63) is 0 Å². The summed E-state index contributed by atoms with van der Waals surface area (Å²) in [5, 5.41) is 11.9. The lowest BCUT2D eigenvalue weighted by molar-refractivity contribution is -0.145. The third-order valence-corrected chi connectivity index (χ3v) is 2.82. The van der Waals surface area contributed by atoms with Crippen molar-refractivity contribution in [1.29, 1.82) is 0 Å². The van der Waals surface area contributed by atoms with E-state index in [2.05, 4.69) is 5.32 Å². The zero-order valence-corrected chi connectivity index (χ0v) is 9.98. The van der Waals surface area contributed by atoms with E-state index < -0.39 is 5.97 Å². The number of carboxylic acid groups (broad SMARTS) is 1. The molecular weight excluding hydrogens is 226 g/mol. The van der Waals surface area contributed by atoms with Crippen LogP contribution in [0.2, 0.25) is 0 Å². The monoisotopic (exact) mass is 245 g/mol. The van der Waals surface area contributed by atoms with E-state index in [0.717, 1.165) is 0 Å². The van der Waals surface area contributed by atoms with Crippen LogP contribution < -0.4 is 5.32 Å². The first-order valence-electron chi connectivity index (χ1n) is 5.74. The van der Waals surface area contributed by atoms with Crippen LogP contribution in [0.1, 0.15) is 19.3 Å². The van der Waals surface area contributed by atoms with Gasteiger partial charge in [0.2, 0.25) is 0 Å². The van der Waals surface area contributed by atoms with Crippen LogP contribution in [0.3, 0.4) is 0 Å². The first-order valence-corrected chi connectivity index (χ1v) is 5.74. The molecule has 0 aromatic heterocycles. The number of aliphatic carboxylic acids is 1. The first-order chi connectivity index (χ1) is 8.13. The minimum Gasteiger partial charge on any atom is -0.481 e. The van der Waals surface area contributed by atoms with Crippen molar-refractivity contribution in [3.63, 3.8) is 0 Å². The quantitative estimate of drug-likeness (QED) is 0.486. The van der Waals surface area contributed by atoms with Gasteiger partial charge in [-0.1, -0.05) is 0 Å². The lowest BCUT2D eigenvalue weighted by atomic mass is 10.0. The summed E-state index contributed by atoms with van der Waals surface area (Å²) in [5.41, 5.74) is 0. The molecule has 1 rings (SSSR count). The van der Waals surface area contributed by atoms with E-state index in [4.69, 9.17) is 14.6 Å². The lowest BCUT2D eigenvalue weighted by Crippen LogP contribution is -2.23. The standard InChI is InChI=1S/C11H19NO5/c1-16-4-5-17-10(13)3-2-9-6-8(7-12-9)11(14)15/h8-9,12H,2-7H2,1H3,(H,14,15). The van der Waals surface area contributed by atoms with Gasteiger partial charge in [0.05, 0.1) is 12.5 Å². The molecule has 98 valence electrons. The Morgan fingerprint density at radius 1 is 1.41 bits per heavy atom. The predicted octanol–water partition coefficient (Wildman–Crippen LogP) is 0.0189. The summed E-state index contributed by atoms with van der Waals surface area (Å²) in [5.74, 6) is -1.37. The minimum absolute atomic E-state index is 0.103. The fourth-order valence-electron chi connectivity index (χ4n) is 1.83. The smallest absolute Gasteiger partial charge is 0.307 e. The van der Waals surface area contributed by atoms with Crippen LogP contribution in [0.4, 0.5) is 0 Å². The lowest BCUT2D eigenvalue weighted by Gasteiger charge is -2.09. The van der Waals surface area contributed by atoms with Gasteiger partial charge in [0, 0.05) is 26.1 Å². The van der Waals surface area contributed by atoms with Gasteiger partial charge in [-0.05, 0) is 12.8 Å². The molecule has 0 spiro atoms. The molecule has 0 amide bonds. The van der Waals surface area contributed by atoms with Crippen LogP contribution in [-0.2, 0) is 19.1 Å². The number of esters is 1. The number of rotatable bonds is 7. The number of hydrogen-bond acceptors (Lipinski definition) is 5. The molecule has 0 aliphatic carbocycles. The molecule has 0 aromatic rings. The molecule has 1 aliphatic heterocycles. The molecule has 0 bridgehead atoms. The second kappa shape index (κ2) is 7.24. The summed E-state index contributed by atoms with van der Waals surface area (Å²) in [6.07, 6.45) is 1.52. The average molecular weight is 245 g/mol. The van der Waals surface area contributed by atoms with E-state index >= 15 is 0 Å². The second-order valence-electron chi connectivity index (χ2n) is 4.13. The fraction of sp³-hybridized carbons (Fsp3) is 0.818. The third kappa shape index (κ3) is 5.14. The Kier molecular flexibility index (Phi) is 5.93. The molecule has 17 heavy (non-hydrogen) atoms. The van der Waals surface area contributed by atoms with Crippen LogP contribution in [0.5, 0.6) is 0 Å². The Morgan fingerprint density at radius 3 is 2.76 bits per heavy atom. The van der Waals surface area contributed by atoms with Crippen molar-refractivity contribution in [2.24, 2.45) is 5.92 Å². The van der Waals surface area contributed by atoms with Crippen LogP contribution in [-0.4, -0.2) is 50.0 Å². The number of carboxylic acids is 1. The summed E-state index contributed by atoms with van der Waals surface area (Å²) in [4.78, 5) is 22.0. The molecule has 1 aliphatic rings. The Labute approximate surface area is 100 Å². The van der Waals surface area contributed by atoms with Gasteiger partial charge in [0.1, 0.15) is 6.61 Å². The maximum Gasteiger partial charge on any atom is 0.307 e. The molecule has 2 unspecified atom stereocenters. The fourth-order valence-corrected chi connectivity index (χ4v) is 1.83. The Bertz CT molecular complexity index is 269. The Balaban J connectivity index is 2.11. The van der Waals surface area contributed by atoms with Gasteiger partial charge in [-0.3, -0.25) is 9.59 Å². The highest BCUT2D eigenvalue weighted by molar-refractivity contribution is 5.71. The van der Waals surface area contributed by atoms with E-state index in [1.807, 2.05) is 0 Å². The maximum atomic E-state index is 11.3. The normalized spacial score (nSPS) is 23.6. The summed E-state index contributed by atoms with van der Waals surface area (Å²) >= 11 is 0. The molecular formula is C11H19NO5. The predicted molar refractivity (Wildman–Crippen MR) is 59.6 cm³/mol. The van der Waals surface area contributed by atoms with Gasteiger partial charge >= 0.3 is 11.9 Å². The number of carbonyl (C=O) groups excluding carboxylic acids is 1. The van der Waals surface area contributed by atoms with Crippen molar-refractivity contribution >= 4 is 11.9 Å². The highest BCUT2D eigenvalue weighted by Gasteiger charge is 2.29. The van der Waals surface area contributed by atoms with E-state index in [1.54, 1.807) is 7.11 Å². The van der Waals surface area contributed by atoms with Crippen molar-refractivity contribution < 1.29 is 24.2 Å². The van der Waals surface area contributed by atoms with Gasteiger partial charge in [0.25, 0.3) is 0 Å². The Hall–Kier alpha value is -1.14. The van der Waals surface area contributed by atoms with Crippen molar-refractivity contribution in [1.82, 2.24) is 5.32 Å². The molecule has 0 aromatic carbocycles. The van der Waals surface area contributed by atoms with Crippen LogP contribution in [0.15, 0.2) is 0 Å². The molecule has 2 N–H and O–H groups in total. The highest BCUT2D eigenvalue weighted by atomic mass is 16.6. The number of hydrogen-bond donors (Lipinski definition) is 2. The molecule has 6 heteroatoms. The molecule has 0 radical (unpaired) electrons. The van der Waals surface area contributed by atoms with Crippen LogP contribution in [0.25, 0.3) is 0 Å². The Morgan fingerprint density at radius 2 is 2.18 bits per heavy atom. The summed E-state index contributed by atoms with van der Waals surface area (Å²) < 4.78 is 9.66. The number of ether oxygens (including phenoxy) is 2. The highest BCUT2D eigenvalue weighted by Crippen LogP contribution is 2.17. The van der Waals surface area contributed by atoms with Crippen molar-refractivity contribution in [2.45, 2.75) is 25.3 Å². The molecule has 1 saturated heterocycles. The third-order valence-electron chi connectivity index (χ3n) is 2.82. The summed E-state index contributed by atoms with van der Waals surface area (Å²) in [6.45, 7) is 1.15. The van der Waals surface area contributed by atoms with E-state index in [1.165, 1.54) is 0 Å². The van der Waals surface area contributed by atoms with Gasteiger partial charge < -0.3 is 19.9 Å². The van der Waals surface area contributed by atoms with E-state index in [0.29, 0.717) is 32.4 Å². The molecule has 2 atom stereocenters. The largest absolute Gasteiger partial charge is 0.481 e. The first kappa shape index (κ1) is 13.9. The summed E-state index contributed by atoms with van der Waals surface area (Å²) in [6, 6.07) is 0.103. The van der Waals surface area contributed by atoms with Crippen molar-refractivity contribution in [2.75, 3.05) is 26.9 Å². The zero-order chi connectivity index (χ0) is 12.7. The molecule has 6 nitrogen and oxygen atoms in total. The van der Waals surface area contributed by atoms with Crippen molar-refractivity contribution in [3.8, 4) is 0 Å². The average Bonchev–Trinajstić information content (AvgIpc) is 2.75. The number of methoxy groups -OCH3 is 1. The SMILES string of the molecule is COCCOC(=O)CCC1CC(C(=O)O)CN1. The van der Waals surface area contributed by atoms with Gasteiger partial charge in [-0.15, -0.1) is 0 Å². The molecule has 0 saturated carbocycles. The van der Waals surface area contributed by atoms with Crippen LogP contribution in [0, 0.1) is 5.92 Å². The number of carbonyl (C=O) groups is 2. The van der Waals surface area contributed by atoms with E-state index in [-0.39, 0.29) is 24.5 Å². The van der Waals surface area contributed by atoms with E-state index in [9.17, 15) is 9.59 Å².